The Morgan fingerprint density at radius 2 is 2.14 bits per heavy atom. The van der Waals surface area contributed by atoms with Crippen LogP contribution in [0.1, 0.15) is 19.5 Å². The molecule has 2 unspecified atom stereocenters. The Morgan fingerprint density at radius 3 is 2.95 bits per heavy atom. The summed E-state index contributed by atoms with van der Waals surface area (Å²) in [5.74, 6) is 1.20. The lowest BCUT2D eigenvalue weighted by molar-refractivity contribution is 0.628. The summed E-state index contributed by atoms with van der Waals surface area (Å²) in [4.78, 5) is 7.33. The summed E-state index contributed by atoms with van der Waals surface area (Å²) in [5.41, 5.74) is 3.55. The number of rotatable bonds is 3. The Morgan fingerprint density at radius 1 is 1.33 bits per heavy atom. The smallest absolute Gasteiger partial charge is 0.0726 e. The van der Waals surface area contributed by atoms with Gasteiger partial charge in [-0.3, -0.25) is 4.98 Å². The molecule has 1 aliphatic rings. The number of nitrogens with zero attached hydrogens (tertiary/aromatic N) is 2. The molecule has 1 saturated heterocycles. The molecular weight excluding hydrogens is 278 g/mol. The van der Waals surface area contributed by atoms with Gasteiger partial charge in [-0.25, -0.2) is 0 Å². The van der Waals surface area contributed by atoms with E-state index < -0.39 is 0 Å². The van der Waals surface area contributed by atoms with Crippen LogP contribution in [-0.4, -0.2) is 35.6 Å². The van der Waals surface area contributed by atoms with Gasteiger partial charge in [0.25, 0.3) is 0 Å². The predicted molar refractivity (Wildman–Crippen MR) is 93.2 cm³/mol. The molecule has 4 heteroatoms. The van der Waals surface area contributed by atoms with Gasteiger partial charge in [-0.2, -0.15) is 11.8 Å². The fourth-order valence-electron chi connectivity index (χ4n) is 2.99. The lowest BCUT2D eigenvalue weighted by Crippen LogP contribution is -2.44. The van der Waals surface area contributed by atoms with Crippen LogP contribution in [0, 0.1) is 0 Å². The van der Waals surface area contributed by atoms with E-state index in [1.165, 1.54) is 16.8 Å². The van der Waals surface area contributed by atoms with Gasteiger partial charge in [-0.1, -0.05) is 25.1 Å². The molecule has 0 spiro atoms. The SMILES string of the molecule is CNCc1cc(N2CCSC(C)C2C)c2ccccc2n1. The molecule has 0 radical (unpaired) electrons. The van der Waals surface area contributed by atoms with Gasteiger partial charge >= 0.3 is 0 Å². The molecule has 1 aromatic heterocycles. The highest BCUT2D eigenvalue weighted by Crippen LogP contribution is 2.33. The van der Waals surface area contributed by atoms with Gasteiger partial charge in [0.15, 0.2) is 0 Å². The average molecular weight is 301 g/mol. The number of hydrogen-bond donors (Lipinski definition) is 1. The first-order chi connectivity index (χ1) is 10.2. The number of nitrogens with one attached hydrogen (secondary N) is 1. The molecule has 112 valence electrons. The topological polar surface area (TPSA) is 28.2 Å². The minimum absolute atomic E-state index is 0.553. The number of para-hydroxylation sites is 1. The van der Waals surface area contributed by atoms with Crippen LogP contribution >= 0.6 is 11.8 Å². The maximum absolute atomic E-state index is 4.77. The number of aromatic nitrogens is 1. The molecule has 3 rings (SSSR count). The maximum Gasteiger partial charge on any atom is 0.0726 e. The third-order valence-corrected chi connectivity index (χ3v) is 5.64. The molecule has 0 aliphatic carbocycles. The molecular formula is C17H23N3S. The fourth-order valence-corrected chi connectivity index (χ4v) is 4.09. The van der Waals surface area contributed by atoms with Gasteiger partial charge in [0, 0.05) is 41.2 Å². The Kier molecular flexibility index (Phi) is 4.36. The molecule has 21 heavy (non-hydrogen) atoms. The summed E-state index contributed by atoms with van der Waals surface area (Å²) in [6, 6.07) is 11.3. The minimum Gasteiger partial charge on any atom is -0.366 e. The van der Waals surface area contributed by atoms with E-state index in [0.29, 0.717) is 11.3 Å². The second kappa shape index (κ2) is 6.24. The zero-order valence-corrected chi connectivity index (χ0v) is 13.8. The molecule has 0 saturated carbocycles. The molecule has 3 nitrogen and oxygen atoms in total. The second-order valence-electron chi connectivity index (χ2n) is 5.69. The Bertz CT molecular complexity index is 628. The molecule has 0 bridgehead atoms. The number of hydrogen-bond acceptors (Lipinski definition) is 4. The van der Waals surface area contributed by atoms with Gasteiger partial charge in [-0.15, -0.1) is 0 Å². The second-order valence-corrected chi connectivity index (χ2v) is 7.18. The van der Waals surface area contributed by atoms with E-state index in [1.807, 2.05) is 7.05 Å². The Labute approximate surface area is 131 Å². The highest BCUT2D eigenvalue weighted by atomic mass is 32.2. The molecule has 2 heterocycles. The van der Waals surface area contributed by atoms with Crippen LogP contribution in [0.3, 0.4) is 0 Å². The summed E-state index contributed by atoms with van der Waals surface area (Å²) in [6.07, 6.45) is 0. The van der Waals surface area contributed by atoms with E-state index in [1.54, 1.807) is 0 Å². The molecule has 2 aromatic rings. The van der Waals surface area contributed by atoms with E-state index in [-0.39, 0.29) is 0 Å². The van der Waals surface area contributed by atoms with E-state index in [0.717, 1.165) is 24.3 Å². The van der Waals surface area contributed by atoms with Crippen molar-refractivity contribution in [3.05, 3.63) is 36.0 Å². The summed E-state index contributed by atoms with van der Waals surface area (Å²) >= 11 is 2.07. The van der Waals surface area contributed by atoms with Crippen molar-refractivity contribution in [2.75, 3.05) is 24.2 Å². The largest absolute Gasteiger partial charge is 0.366 e. The Balaban J connectivity index is 2.10. The highest BCUT2D eigenvalue weighted by molar-refractivity contribution is 8.00. The van der Waals surface area contributed by atoms with Crippen LogP contribution in [0.15, 0.2) is 30.3 Å². The summed E-state index contributed by atoms with van der Waals surface area (Å²) < 4.78 is 0. The lowest BCUT2D eigenvalue weighted by atomic mass is 10.1. The van der Waals surface area contributed by atoms with Crippen molar-refractivity contribution in [2.45, 2.75) is 31.7 Å². The third kappa shape index (κ3) is 2.87. The van der Waals surface area contributed by atoms with Crippen LogP contribution in [0.4, 0.5) is 5.69 Å². The predicted octanol–water partition coefficient (Wildman–Crippen LogP) is 3.28. The Hall–Kier alpha value is -1.26. The molecule has 1 aliphatic heterocycles. The van der Waals surface area contributed by atoms with Crippen LogP contribution in [0.25, 0.3) is 10.9 Å². The van der Waals surface area contributed by atoms with Crippen molar-refractivity contribution >= 4 is 28.4 Å². The van der Waals surface area contributed by atoms with Crippen LogP contribution in [-0.2, 0) is 6.54 Å². The standard InChI is InChI=1S/C17H23N3S/c1-12-13(2)21-9-8-20(12)17-10-14(11-18-3)19-16-7-5-4-6-15(16)17/h4-7,10,12-13,18H,8-9,11H2,1-3H3. The maximum atomic E-state index is 4.77. The van der Waals surface area contributed by atoms with E-state index >= 15 is 0 Å². The number of pyridine rings is 1. The summed E-state index contributed by atoms with van der Waals surface area (Å²) in [5, 5.41) is 5.15. The lowest BCUT2D eigenvalue weighted by Gasteiger charge is -2.39. The third-order valence-electron chi connectivity index (χ3n) is 4.30. The fraction of sp³-hybridized carbons (Fsp3) is 0.471. The van der Waals surface area contributed by atoms with Crippen LogP contribution in [0.2, 0.25) is 0 Å². The number of anilines is 1. The summed E-state index contributed by atoms with van der Waals surface area (Å²) in [6.45, 7) is 6.59. The van der Waals surface area contributed by atoms with Crippen molar-refractivity contribution in [1.29, 1.82) is 0 Å². The van der Waals surface area contributed by atoms with E-state index in [4.69, 9.17) is 4.98 Å². The highest BCUT2D eigenvalue weighted by Gasteiger charge is 2.26. The quantitative estimate of drug-likeness (QED) is 0.941. The zero-order chi connectivity index (χ0) is 14.8. The summed E-state index contributed by atoms with van der Waals surface area (Å²) in [7, 11) is 1.97. The van der Waals surface area contributed by atoms with Gasteiger partial charge in [0.05, 0.1) is 11.2 Å². The van der Waals surface area contributed by atoms with Crippen molar-refractivity contribution in [3.8, 4) is 0 Å². The molecule has 2 atom stereocenters. The van der Waals surface area contributed by atoms with Crippen molar-refractivity contribution < 1.29 is 0 Å². The van der Waals surface area contributed by atoms with Crippen LogP contribution < -0.4 is 10.2 Å². The minimum atomic E-state index is 0.553. The monoisotopic (exact) mass is 301 g/mol. The van der Waals surface area contributed by atoms with Gasteiger partial charge in [0.1, 0.15) is 0 Å². The van der Waals surface area contributed by atoms with Gasteiger partial charge < -0.3 is 10.2 Å². The van der Waals surface area contributed by atoms with Gasteiger partial charge in [0.2, 0.25) is 0 Å². The molecule has 1 aromatic carbocycles. The normalized spacial score (nSPS) is 22.7. The first-order valence-electron chi connectivity index (χ1n) is 7.62. The van der Waals surface area contributed by atoms with Crippen molar-refractivity contribution in [3.63, 3.8) is 0 Å². The van der Waals surface area contributed by atoms with Crippen LogP contribution in [0.5, 0.6) is 0 Å². The number of thioether (sulfide) groups is 1. The molecule has 0 amide bonds. The van der Waals surface area contributed by atoms with E-state index in [2.05, 4.69) is 66.2 Å². The zero-order valence-electron chi connectivity index (χ0n) is 13.0. The molecule has 1 N–H and O–H groups in total. The average Bonchev–Trinajstić information content (AvgIpc) is 2.50. The molecule has 1 fully saturated rings. The van der Waals surface area contributed by atoms with Crippen molar-refractivity contribution in [2.24, 2.45) is 0 Å². The number of fused-ring (bicyclic) bond motifs is 1. The van der Waals surface area contributed by atoms with Crippen molar-refractivity contribution in [1.82, 2.24) is 10.3 Å². The first kappa shape index (κ1) is 14.7. The van der Waals surface area contributed by atoms with E-state index in [9.17, 15) is 0 Å². The first-order valence-corrected chi connectivity index (χ1v) is 8.67. The number of benzene rings is 1. The van der Waals surface area contributed by atoms with Gasteiger partial charge in [-0.05, 0) is 26.1 Å².